The number of nitrogens with zero attached hydrogens (tertiary/aromatic N) is 2. The number of hydrogen-bond acceptors (Lipinski definition) is 27. The highest BCUT2D eigenvalue weighted by Crippen LogP contribution is 2.28. The highest BCUT2D eigenvalue weighted by Gasteiger charge is 2.43. The monoisotopic (exact) mass is 1760 g/mol. The fourth-order valence-electron chi connectivity index (χ4n) is 13.0. The Kier molecular flexibility index (Phi) is 49.8. The number of likely N-dealkylation sites (tertiary alicyclic amines) is 1. The summed E-state index contributed by atoms with van der Waals surface area (Å²) in [4.78, 5) is 226. The molecular formula is C72H126N32O18S. The number of nitrogens with two attached hydrogens (primary N) is 9. The van der Waals surface area contributed by atoms with Crippen LogP contribution in [0.25, 0.3) is 0 Å². The lowest BCUT2D eigenvalue weighted by atomic mass is 9.88. The quantitative estimate of drug-likeness (QED) is 0.0116. The summed E-state index contributed by atoms with van der Waals surface area (Å²) in [6.45, 7) is -0.391. The summed E-state index contributed by atoms with van der Waals surface area (Å²) in [5, 5.41) is 105. The lowest BCUT2D eigenvalue weighted by Crippen LogP contribution is -2.50. The topological polar surface area (TPSA) is 890 Å². The highest BCUT2D eigenvalue weighted by atomic mass is 32.2. The molecule has 2 heterocycles. The number of carbonyl (C=O) groups excluding carboxylic acids is 16. The number of hydroxylamine groups is 2. The number of unbranched alkanes of at least 4 members (excludes halogenated alkanes) is 1. The number of carbonyl (C=O) groups is 16. The number of amides is 10. The van der Waals surface area contributed by atoms with Crippen molar-refractivity contribution in [3.05, 3.63) is 0 Å². The third-order valence-corrected chi connectivity index (χ3v) is 20.7. The minimum Gasteiger partial charge on any atom is -0.396 e. The van der Waals surface area contributed by atoms with Crippen LogP contribution < -0.4 is 121 Å². The summed E-state index contributed by atoms with van der Waals surface area (Å²) < 4.78 is 0. The molecule has 123 heavy (non-hydrogen) atoms. The molecule has 0 aliphatic carbocycles. The second-order valence-corrected chi connectivity index (χ2v) is 30.8. The molecule has 10 amide bonds. The molecule has 40 N–H and O–H groups in total. The van der Waals surface area contributed by atoms with Crippen LogP contribution in [0.2, 0.25) is 0 Å². The van der Waals surface area contributed by atoms with Gasteiger partial charge in [0.1, 0.15) is 18.4 Å². The van der Waals surface area contributed by atoms with Gasteiger partial charge >= 0.3 is 5.97 Å². The van der Waals surface area contributed by atoms with Crippen LogP contribution in [-0.4, -0.2) is 263 Å². The number of ketones is 5. The van der Waals surface area contributed by atoms with Crippen LogP contribution in [0.1, 0.15) is 167 Å². The second-order valence-electron chi connectivity index (χ2n) is 29.6. The summed E-state index contributed by atoms with van der Waals surface area (Å²) in [6.07, 6.45) is -4.16. The predicted octanol–water partition coefficient (Wildman–Crippen LogP) is -8.25. The van der Waals surface area contributed by atoms with E-state index in [0.717, 1.165) is 11.8 Å². The predicted molar refractivity (Wildman–Crippen MR) is 450 cm³/mol. The van der Waals surface area contributed by atoms with E-state index in [0.29, 0.717) is 4.90 Å². The number of Topliss-reactive ketones (excluding diaryl/α,β-unsaturated/α-hetero) is 5. The van der Waals surface area contributed by atoms with Gasteiger partial charge in [0, 0.05) is 133 Å². The van der Waals surface area contributed by atoms with Gasteiger partial charge in [0.25, 0.3) is 11.8 Å². The first-order valence-corrected chi connectivity index (χ1v) is 41.3. The second kappa shape index (κ2) is 57.6. The zero-order valence-electron chi connectivity index (χ0n) is 69.2. The summed E-state index contributed by atoms with van der Waals surface area (Å²) in [5.41, 5.74) is 50.2. The molecule has 0 radical (unpaired) electrons. The van der Waals surface area contributed by atoms with Crippen molar-refractivity contribution in [2.75, 3.05) is 71.3 Å². The van der Waals surface area contributed by atoms with Crippen LogP contribution in [0.15, 0.2) is 0 Å². The van der Waals surface area contributed by atoms with Crippen LogP contribution in [0.4, 0.5) is 0 Å². The molecule has 2 aliphatic heterocycles. The summed E-state index contributed by atoms with van der Waals surface area (Å²) >= 11 is 0.719. The molecule has 0 aromatic carbocycles. The maximum atomic E-state index is 15.2. The number of imide groups is 2. The summed E-state index contributed by atoms with van der Waals surface area (Å²) in [7, 11) is 0. The van der Waals surface area contributed by atoms with Gasteiger partial charge in [0.15, 0.2) is 70.8 Å². The fourth-order valence-corrected chi connectivity index (χ4v) is 14.2. The first-order valence-electron chi connectivity index (χ1n) is 40.2. The van der Waals surface area contributed by atoms with Crippen LogP contribution >= 0.6 is 11.8 Å². The number of guanidine groups is 8. The Balaban J connectivity index is 2.76. The number of aliphatic hydroxyl groups is 1. The van der Waals surface area contributed by atoms with Gasteiger partial charge in [-0.25, -0.2) is 4.79 Å². The molecule has 2 rings (SSSR count). The maximum Gasteiger partial charge on any atom is 0.352 e. The first-order chi connectivity index (χ1) is 58.0. The van der Waals surface area contributed by atoms with E-state index < -0.39 is 246 Å². The summed E-state index contributed by atoms with van der Waals surface area (Å²) in [6, 6.07) is -7.36. The largest absolute Gasteiger partial charge is 0.396 e. The van der Waals surface area contributed by atoms with Gasteiger partial charge in [-0.05, 0) is 110 Å². The lowest BCUT2D eigenvalue weighted by molar-refractivity contribution is -0.198. The number of rotatable bonds is 65. The van der Waals surface area contributed by atoms with E-state index in [-0.39, 0.29) is 198 Å². The molecule has 2 saturated heterocycles. The Morgan fingerprint density at radius 3 is 0.927 bits per heavy atom. The molecule has 1 unspecified atom stereocenters. The first kappa shape index (κ1) is 106. The van der Waals surface area contributed by atoms with E-state index >= 15 is 19.2 Å². The lowest BCUT2D eigenvalue weighted by Gasteiger charge is -2.27. The van der Waals surface area contributed by atoms with Crippen LogP contribution in [0.3, 0.4) is 0 Å². The molecule has 0 saturated carbocycles. The standard InChI is InChI=1S/C72H126N32O18S/c1-38(106)29-43(36-105)63(120)101-47(18-10-28-97-72(88)89)52(110)33-42(14-6-24-93-68(80)81)61(118)100-46(17-9-27-96-71(86)87)51(109)32-41(13-5-23-92-67(78)79)60(117)99-45(16-8-26-95-70(84)85)50(108)31-40(12-4-22-91-66(76)77)59(116)98-44(15-7-25-94-69(82)83)49(107)30-39(11-2-3-21-90-65(74)75)62(119)102-48(58(73)115)37-123-53-34-56(113)103(64(53)121)35-57(114)122-104-54(111)19-20-55(104)112/h39-48,53,105H,2-37H2,1H3,(H2,73,115)(H,98,116)(H,99,117)(H,100,118)(H,101,120)(H,102,119)(H4,74,75,90)(H4,76,77,91)(H4,78,79,92)(H4,80,81,93)(H4,82,83,94)(H4,84,85,95)(H4,86,87,96)(H4,88,89,97)/t39-,40-,41-,42-,43-,44+,45+,46+,47+,48+,53?/m0/s1. The number of nitrogens with one attached hydrogen (secondary N) is 21. The average Bonchev–Trinajstić information content (AvgIpc) is 1.77. The van der Waals surface area contributed by atoms with Crippen LogP contribution in [-0.2, 0) is 81.6 Å². The molecule has 0 bridgehead atoms. The Morgan fingerprint density at radius 2 is 0.650 bits per heavy atom. The van der Waals surface area contributed by atoms with E-state index in [2.05, 4.69) is 69.1 Å². The highest BCUT2D eigenvalue weighted by molar-refractivity contribution is 8.00. The summed E-state index contributed by atoms with van der Waals surface area (Å²) in [5.74, 6) is -24.0. The number of aliphatic hydroxyl groups excluding tert-OH is 1. The Labute approximate surface area is 714 Å². The van der Waals surface area contributed by atoms with Crippen molar-refractivity contribution in [2.24, 2.45) is 81.2 Å². The minimum atomic E-state index is -1.57. The third kappa shape index (κ3) is 44.5. The number of thioether (sulfide) groups is 1. The van der Waals surface area contributed by atoms with Gasteiger partial charge in [-0.15, -0.1) is 16.8 Å². The van der Waals surface area contributed by atoms with E-state index in [1.807, 2.05) is 0 Å². The van der Waals surface area contributed by atoms with Gasteiger partial charge < -0.3 is 135 Å². The Morgan fingerprint density at radius 1 is 0.382 bits per heavy atom. The van der Waals surface area contributed by atoms with Gasteiger partial charge in [-0.1, -0.05) is 6.42 Å². The third-order valence-electron chi connectivity index (χ3n) is 19.4. The van der Waals surface area contributed by atoms with E-state index in [9.17, 15) is 62.6 Å². The number of primary amides is 1. The van der Waals surface area contributed by atoms with Crippen molar-refractivity contribution in [1.29, 1.82) is 43.3 Å². The molecule has 0 spiro atoms. The molecular weight excluding hydrogens is 1630 g/mol. The molecule has 50 nitrogen and oxygen atoms in total. The maximum absolute atomic E-state index is 15.2. The van der Waals surface area contributed by atoms with Crippen LogP contribution in [0, 0.1) is 72.9 Å². The normalized spacial score (nSPS) is 15.3. The van der Waals surface area contributed by atoms with Crippen LogP contribution in [0.5, 0.6) is 0 Å². The van der Waals surface area contributed by atoms with Crippen molar-refractivity contribution in [2.45, 2.75) is 203 Å². The molecule has 2 fully saturated rings. The molecule has 11 atom stereocenters. The van der Waals surface area contributed by atoms with Crippen molar-refractivity contribution in [3.63, 3.8) is 0 Å². The van der Waals surface area contributed by atoms with E-state index in [1.54, 1.807) is 0 Å². The van der Waals surface area contributed by atoms with E-state index in [4.69, 9.17) is 99.7 Å². The zero-order chi connectivity index (χ0) is 92.4. The van der Waals surface area contributed by atoms with Crippen molar-refractivity contribution >= 4 is 153 Å². The molecule has 2 aliphatic rings. The fraction of sp³-hybridized carbons (Fsp3) is 0.667. The molecule has 51 heteroatoms. The van der Waals surface area contributed by atoms with Crippen molar-refractivity contribution < 1.29 is 86.7 Å². The molecule has 0 aromatic rings. The van der Waals surface area contributed by atoms with E-state index in [1.165, 1.54) is 6.92 Å². The molecule has 688 valence electrons. The SMILES string of the molecule is CC(=O)C[C@@H](CO)C(=O)N[C@H](CCCNC(=N)N)C(=O)C[C@H](CCCNC(=N)N)C(=O)N[C@H](CCCNC(=N)N)C(=O)C[C@H](CCCNC(=N)N)C(=O)N[C@H](CCCNC(=N)N)C(=O)C[C@H](CCCNC(=N)N)C(=O)N[C@H](CCCNC(=N)N)C(=O)C[C@H](CCCCNC(=N)N)C(=O)N[C@H](CSC1CC(=O)N(CC(=O)ON2C(=O)CCC2=O)C1=O)C(N)=O. The van der Waals surface area contributed by atoms with Gasteiger partial charge in [-0.2, -0.15) is 0 Å². The Hall–Kier alpha value is -12.6. The Bertz CT molecular complexity index is 3750. The minimum absolute atomic E-state index is 0.00880. The van der Waals surface area contributed by atoms with Gasteiger partial charge in [0.2, 0.25) is 47.3 Å². The van der Waals surface area contributed by atoms with Crippen molar-refractivity contribution in [1.82, 2.24) is 79.1 Å². The van der Waals surface area contributed by atoms with Gasteiger partial charge in [0.05, 0.1) is 41.9 Å². The zero-order valence-corrected chi connectivity index (χ0v) is 70.0. The smallest absolute Gasteiger partial charge is 0.352 e. The number of hydrogen-bond donors (Lipinski definition) is 31. The average molecular weight is 1760 g/mol. The molecule has 0 aromatic heterocycles. The van der Waals surface area contributed by atoms with Gasteiger partial charge in [-0.3, -0.25) is 115 Å². The van der Waals surface area contributed by atoms with Crippen molar-refractivity contribution in [3.8, 4) is 0 Å².